The van der Waals surface area contributed by atoms with Gasteiger partial charge in [-0.05, 0) is 11.6 Å². The van der Waals surface area contributed by atoms with Gasteiger partial charge in [0, 0.05) is 44.3 Å². The number of hydrogen-bond acceptors (Lipinski definition) is 4. The van der Waals surface area contributed by atoms with Crippen molar-refractivity contribution in [3.8, 4) is 5.88 Å². The van der Waals surface area contributed by atoms with E-state index in [4.69, 9.17) is 4.74 Å². The van der Waals surface area contributed by atoms with Gasteiger partial charge in [0.1, 0.15) is 12.4 Å². The van der Waals surface area contributed by atoms with Crippen LogP contribution in [0.5, 0.6) is 5.88 Å². The number of piperidine rings is 1. The van der Waals surface area contributed by atoms with Gasteiger partial charge in [-0.15, -0.1) is 0 Å². The van der Waals surface area contributed by atoms with E-state index >= 15 is 0 Å². The van der Waals surface area contributed by atoms with Crippen molar-refractivity contribution in [2.75, 3.05) is 13.1 Å². The van der Waals surface area contributed by atoms with Crippen molar-refractivity contribution in [2.24, 2.45) is 0 Å². The number of ether oxygens (including phenoxy) is 1. The van der Waals surface area contributed by atoms with Crippen LogP contribution in [0, 0.1) is 0 Å². The smallest absolute Gasteiger partial charge is 0.246 e. The Kier molecular flexibility index (Phi) is 4.99. The van der Waals surface area contributed by atoms with Crippen molar-refractivity contribution >= 4 is 12.0 Å². The van der Waals surface area contributed by atoms with Crippen molar-refractivity contribution in [3.63, 3.8) is 0 Å². The molecule has 5 nitrogen and oxygen atoms in total. The monoisotopic (exact) mass is 309 g/mol. The fourth-order valence-corrected chi connectivity index (χ4v) is 2.55. The third kappa shape index (κ3) is 4.39. The van der Waals surface area contributed by atoms with Crippen molar-refractivity contribution in [2.45, 2.75) is 18.9 Å². The zero-order valence-corrected chi connectivity index (χ0v) is 12.8. The molecular weight excluding hydrogens is 290 g/mol. The molecule has 3 rings (SSSR count). The van der Waals surface area contributed by atoms with Gasteiger partial charge >= 0.3 is 0 Å². The Morgan fingerprint density at radius 3 is 2.65 bits per heavy atom. The second kappa shape index (κ2) is 7.54. The summed E-state index contributed by atoms with van der Waals surface area (Å²) >= 11 is 0. The van der Waals surface area contributed by atoms with Gasteiger partial charge in [0.2, 0.25) is 11.8 Å². The summed E-state index contributed by atoms with van der Waals surface area (Å²) in [6.45, 7) is 1.40. The summed E-state index contributed by atoms with van der Waals surface area (Å²) in [4.78, 5) is 22.0. The molecule has 0 unspecified atom stereocenters. The van der Waals surface area contributed by atoms with Crippen molar-refractivity contribution in [1.29, 1.82) is 0 Å². The van der Waals surface area contributed by atoms with Crippen LogP contribution in [-0.4, -0.2) is 40.0 Å². The molecule has 0 aliphatic carbocycles. The van der Waals surface area contributed by atoms with Crippen LogP contribution in [0.3, 0.4) is 0 Å². The molecule has 1 aromatic heterocycles. The molecule has 1 aromatic carbocycles. The Bertz CT molecular complexity index is 650. The Hall–Kier alpha value is -2.69. The van der Waals surface area contributed by atoms with Crippen LogP contribution >= 0.6 is 0 Å². The molecule has 2 heterocycles. The molecule has 23 heavy (non-hydrogen) atoms. The Balaban J connectivity index is 1.48. The average molecular weight is 309 g/mol. The highest BCUT2D eigenvalue weighted by Crippen LogP contribution is 2.17. The molecule has 118 valence electrons. The van der Waals surface area contributed by atoms with Gasteiger partial charge in [-0.3, -0.25) is 4.79 Å². The topological polar surface area (TPSA) is 55.3 Å². The first-order valence-corrected chi connectivity index (χ1v) is 7.76. The summed E-state index contributed by atoms with van der Waals surface area (Å²) in [5, 5.41) is 0. The first-order valence-electron chi connectivity index (χ1n) is 7.76. The fourth-order valence-electron chi connectivity index (χ4n) is 2.55. The highest BCUT2D eigenvalue weighted by molar-refractivity contribution is 5.91. The van der Waals surface area contributed by atoms with E-state index in [1.807, 2.05) is 41.3 Å². The van der Waals surface area contributed by atoms with Crippen molar-refractivity contribution in [1.82, 2.24) is 14.9 Å². The summed E-state index contributed by atoms with van der Waals surface area (Å²) < 4.78 is 5.81. The number of nitrogens with zero attached hydrogens (tertiary/aromatic N) is 3. The predicted molar refractivity (Wildman–Crippen MR) is 87.7 cm³/mol. The molecule has 1 aliphatic heterocycles. The molecule has 0 N–H and O–H groups in total. The Morgan fingerprint density at radius 2 is 1.96 bits per heavy atom. The fraction of sp³-hybridized carbons (Fsp3) is 0.278. The molecule has 0 spiro atoms. The average Bonchev–Trinajstić information content (AvgIpc) is 2.62. The molecule has 2 aromatic rings. The number of rotatable bonds is 4. The maximum Gasteiger partial charge on any atom is 0.246 e. The SMILES string of the molecule is O=C(/C=C/c1ccccc1)N1CCC(Oc2ccncn2)CC1. The third-order valence-corrected chi connectivity index (χ3v) is 3.81. The minimum atomic E-state index is 0.0503. The zero-order valence-electron chi connectivity index (χ0n) is 12.8. The number of carbonyl (C=O) groups is 1. The molecule has 5 heteroatoms. The van der Waals surface area contributed by atoms with E-state index in [1.54, 1.807) is 18.3 Å². The number of hydrogen-bond donors (Lipinski definition) is 0. The first kappa shape index (κ1) is 15.2. The van der Waals surface area contributed by atoms with Gasteiger partial charge in [0.05, 0.1) is 0 Å². The molecule has 1 fully saturated rings. The van der Waals surface area contributed by atoms with Gasteiger partial charge in [-0.1, -0.05) is 30.3 Å². The lowest BCUT2D eigenvalue weighted by atomic mass is 10.1. The number of benzene rings is 1. The highest BCUT2D eigenvalue weighted by atomic mass is 16.5. The molecule has 0 radical (unpaired) electrons. The lowest BCUT2D eigenvalue weighted by Crippen LogP contribution is -2.41. The molecule has 0 saturated carbocycles. The highest BCUT2D eigenvalue weighted by Gasteiger charge is 2.22. The van der Waals surface area contributed by atoms with Crippen LogP contribution in [0.2, 0.25) is 0 Å². The van der Waals surface area contributed by atoms with Crippen LogP contribution in [-0.2, 0) is 4.79 Å². The quantitative estimate of drug-likeness (QED) is 0.815. The Morgan fingerprint density at radius 1 is 1.17 bits per heavy atom. The summed E-state index contributed by atoms with van der Waals surface area (Å²) in [5.74, 6) is 0.642. The number of likely N-dealkylation sites (tertiary alicyclic amines) is 1. The minimum Gasteiger partial charge on any atom is -0.474 e. The summed E-state index contributed by atoms with van der Waals surface area (Å²) in [5.41, 5.74) is 1.03. The van der Waals surface area contributed by atoms with Crippen LogP contribution in [0.1, 0.15) is 18.4 Å². The summed E-state index contributed by atoms with van der Waals surface area (Å²) in [7, 11) is 0. The lowest BCUT2D eigenvalue weighted by Gasteiger charge is -2.31. The van der Waals surface area contributed by atoms with Crippen LogP contribution in [0.25, 0.3) is 6.08 Å². The molecule has 0 bridgehead atoms. The molecular formula is C18H19N3O2. The second-order valence-electron chi connectivity index (χ2n) is 5.43. The van der Waals surface area contributed by atoms with E-state index in [2.05, 4.69) is 9.97 Å². The van der Waals surface area contributed by atoms with Gasteiger partial charge in [0.15, 0.2) is 0 Å². The standard InChI is InChI=1S/C18H19N3O2/c22-18(7-6-15-4-2-1-3-5-15)21-12-9-16(10-13-21)23-17-8-11-19-14-20-17/h1-8,11,14,16H,9-10,12-13H2/b7-6+. The van der Waals surface area contributed by atoms with E-state index in [-0.39, 0.29) is 12.0 Å². The largest absolute Gasteiger partial charge is 0.474 e. The summed E-state index contributed by atoms with van der Waals surface area (Å²) in [6.07, 6.45) is 8.36. The second-order valence-corrected chi connectivity index (χ2v) is 5.43. The van der Waals surface area contributed by atoms with Gasteiger partial charge < -0.3 is 9.64 Å². The normalized spacial score (nSPS) is 15.7. The molecule has 1 saturated heterocycles. The lowest BCUT2D eigenvalue weighted by molar-refractivity contribution is -0.127. The van der Waals surface area contributed by atoms with E-state index < -0.39 is 0 Å². The van der Waals surface area contributed by atoms with Gasteiger partial charge in [-0.2, -0.15) is 0 Å². The maximum atomic E-state index is 12.2. The number of amides is 1. The summed E-state index contributed by atoms with van der Waals surface area (Å²) in [6, 6.07) is 11.6. The third-order valence-electron chi connectivity index (χ3n) is 3.81. The van der Waals surface area contributed by atoms with E-state index in [0.29, 0.717) is 19.0 Å². The van der Waals surface area contributed by atoms with Gasteiger partial charge in [0.25, 0.3) is 0 Å². The van der Waals surface area contributed by atoms with Crippen molar-refractivity contribution < 1.29 is 9.53 Å². The van der Waals surface area contributed by atoms with E-state index in [9.17, 15) is 4.79 Å². The number of carbonyl (C=O) groups excluding carboxylic acids is 1. The molecule has 1 amide bonds. The first-order chi connectivity index (χ1) is 11.3. The van der Waals surface area contributed by atoms with Crippen molar-refractivity contribution in [3.05, 3.63) is 60.6 Å². The Labute approximate surface area is 135 Å². The molecule has 0 atom stereocenters. The van der Waals surface area contributed by atoms with Crippen LogP contribution in [0.15, 0.2) is 55.0 Å². The van der Waals surface area contributed by atoms with Crippen LogP contribution < -0.4 is 4.74 Å². The number of aromatic nitrogens is 2. The predicted octanol–water partition coefficient (Wildman–Crippen LogP) is 2.56. The molecule has 1 aliphatic rings. The maximum absolute atomic E-state index is 12.2. The van der Waals surface area contributed by atoms with E-state index in [1.165, 1.54) is 6.33 Å². The van der Waals surface area contributed by atoms with Crippen LogP contribution in [0.4, 0.5) is 0 Å². The van der Waals surface area contributed by atoms with E-state index in [0.717, 1.165) is 18.4 Å². The minimum absolute atomic E-state index is 0.0503. The zero-order chi connectivity index (χ0) is 15.9. The van der Waals surface area contributed by atoms with Gasteiger partial charge in [-0.25, -0.2) is 9.97 Å².